The molecule has 0 aromatic heterocycles. The van der Waals surface area contributed by atoms with Gasteiger partial charge in [-0.05, 0) is 56.2 Å². The number of benzene rings is 2. The Morgan fingerprint density at radius 3 is 2.31 bits per heavy atom. The van der Waals surface area contributed by atoms with Crippen molar-refractivity contribution in [3.63, 3.8) is 0 Å². The fourth-order valence-corrected chi connectivity index (χ4v) is 3.66. The first kappa shape index (κ1) is 21.0. The molecule has 1 saturated heterocycles. The summed E-state index contributed by atoms with van der Waals surface area (Å²) < 4.78 is 5.78. The number of anilines is 2. The Labute approximate surface area is 172 Å². The van der Waals surface area contributed by atoms with E-state index in [1.807, 2.05) is 43.3 Å². The van der Waals surface area contributed by atoms with Crippen molar-refractivity contribution in [2.24, 2.45) is 0 Å². The minimum absolute atomic E-state index is 0.142. The van der Waals surface area contributed by atoms with E-state index in [4.69, 9.17) is 4.74 Å². The lowest BCUT2D eigenvalue weighted by Crippen LogP contribution is -2.44. The van der Waals surface area contributed by atoms with Gasteiger partial charge in [-0.2, -0.15) is 0 Å². The molecule has 2 amide bonds. The molecule has 2 unspecified atom stereocenters. The van der Waals surface area contributed by atoms with Crippen molar-refractivity contribution in [3.05, 3.63) is 59.2 Å². The number of carbonyl (C=O) groups is 2. The largest absolute Gasteiger partial charge is 0.373 e. The van der Waals surface area contributed by atoms with Crippen LogP contribution in [0.2, 0.25) is 0 Å². The van der Waals surface area contributed by atoms with Crippen LogP contribution in [0.1, 0.15) is 42.3 Å². The maximum absolute atomic E-state index is 12.6. The van der Waals surface area contributed by atoms with Crippen molar-refractivity contribution in [1.82, 2.24) is 4.90 Å². The molecule has 6 heteroatoms. The standard InChI is InChI=1S/C23H29N3O3/c1-15-5-10-21(11-22(15)24-18(4)27)25-23(28)20-8-6-19(7-9-20)14-26-12-16(2)29-17(3)13-26/h5-11,16-17H,12-14H2,1-4H3,(H,24,27)(H,25,28). The lowest BCUT2D eigenvalue weighted by atomic mass is 10.1. The topological polar surface area (TPSA) is 70.7 Å². The second-order valence-corrected chi connectivity index (χ2v) is 7.81. The van der Waals surface area contributed by atoms with E-state index in [0.29, 0.717) is 16.9 Å². The van der Waals surface area contributed by atoms with Crippen LogP contribution in [0.25, 0.3) is 0 Å². The van der Waals surface area contributed by atoms with E-state index in [-0.39, 0.29) is 24.0 Å². The first-order valence-corrected chi connectivity index (χ1v) is 9.96. The van der Waals surface area contributed by atoms with Gasteiger partial charge in [0, 0.05) is 43.5 Å². The normalized spacial score (nSPS) is 19.6. The zero-order chi connectivity index (χ0) is 21.0. The summed E-state index contributed by atoms with van der Waals surface area (Å²) in [6, 6.07) is 13.2. The second kappa shape index (κ2) is 9.20. The van der Waals surface area contributed by atoms with Crippen LogP contribution in [-0.2, 0) is 16.1 Å². The first-order chi connectivity index (χ1) is 13.8. The van der Waals surface area contributed by atoms with Gasteiger partial charge in [0.2, 0.25) is 5.91 Å². The molecule has 1 aliphatic rings. The molecule has 1 aliphatic heterocycles. The van der Waals surface area contributed by atoms with E-state index in [1.54, 1.807) is 6.07 Å². The molecule has 2 atom stereocenters. The average molecular weight is 396 g/mol. The summed E-state index contributed by atoms with van der Waals surface area (Å²) in [4.78, 5) is 26.3. The molecule has 0 bridgehead atoms. The second-order valence-electron chi connectivity index (χ2n) is 7.81. The number of rotatable bonds is 5. The highest BCUT2D eigenvalue weighted by molar-refractivity contribution is 6.04. The van der Waals surface area contributed by atoms with Crippen molar-refractivity contribution >= 4 is 23.2 Å². The Bertz CT molecular complexity index is 869. The monoisotopic (exact) mass is 395 g/mol. The van der Waals surface area contributed by atoms with Gasteiger partial charge in [-0.3, -0.25) is 14.5 Å². The highest BCUT2D eigenvalue weighted by Gasteiger charge is 2.22. The molecule has 0 saturated carbocycles. The van der Waals surface area contributed by atoms with Gasteiger partial charge in [0.1, 0.15) is 0 Å². The van der Waals surface area contributed by atoms with Gasteiger partial charge in [-0.1, -0.05) is 18.2 Å². The van der Waals surface area contributed by atoms with Gasteiger partial charge >= 0.3 is 0 Å². The van der Waals surface area contributed by atoms with E-state index in [0.717, 1.165) is 25.2 Å². The molecule has 0 aliphatic carbocycles. The van der Waals surface area contributed by atoms with E-state index in [9.17, 15) is 9.59 Å². The zero-order valence-electron chi connectivity index (χ0n) is 17.5. The van der Waals surface area contributed by atoms with Crippen LogP contribution in [0.3, 0.4) is 0 Å². The number of hydrogen-bond donors (Lipinski definition) is 2. The Morgan fingerprint density at radius 2 is 1.69 bits per heavy atom. The fraction of sp³-hybridized carbons (Fsp3) is 0.391. The van der Waals surface area contributed by atoms with Gasteiger partial charge < -0.3 is 15.4 Å². The van der Waals surface area contributed by atoms with Crippen LogP contribution < -0.4 is 10.6 Å². The van der Waals surface area contributed by atoms with Crippen LogP contribution >= 0.6 is 0 Å². The summed E-state index contributed by atoms with van der Waals surface area (Å²) in [6.07, 6.45) is 0.474. The predicted molar refractivity (Wildman–Crippen MR) is 115 cm³/mol. The number of ether oxygens (including phenoxy) is 1. The molecule has 0 spiro atoms. The Morgan fingerprint density at radius 1 is 1.03 bits per heavy atom. The van der Waals surface area contributed by atoms with Gasteiger partial charge in [-0.25, -0.2) is 0 Å². The van der Waals surface area contributed by atoms with Crippen molar-refractivity contribution < 1.29 is 14.3 Å². The van der Waals surface area contributed by atoms with Crippen molar-refractivity contribution in [2.75, 3.05) is 23.7 Å². The number of amides is 2. The molecule has 2 N–H and O–H groups in total. The Balaban J connectivity index is 1.62. The predicted octanol–water partition coefficient (Wildman–Crippen LogP) is 3.81. The summed E-state index contributed by atoms with van der Waals surface area (Å²) in [5.74, 6) is -0.320. The van der Waals surface area contributed by atoms with E-state index in [2.05, 4.69) is 29.4 Å². The number of carbonyl (C=O) groups excluding carboxylic acids is 2. The average Bonchev–Trinajstić information content (AvgIpc) is 2.64. The Kier molecular flexibility index (Phi) is 6.67. The molecule has 6 nitrogen and oxygen atoms in total. The van der Waals surface area contributed by atoms with Gasteiger partial charge in [0.15, 0.2) is 0 Å². The molecule has 3 rings (SSSR count). The highest BCUT2D eigenvalue weighted by Crippen LogP contribution is 2.21. The maximum atomic E-state index is 12.6. The van der Waals surface area contributed by atoms with Gasteiger partial charge in [0.05, 0.1) is 12.2 Å². The molecule has 1 heterocycles. The van der Waals surface area contributed by atoms with Crippen LogP contribution in [-0.4, -0.2) is 42.0 Å². The number of nitrogens with zero attached hydrogens (tertiary/aromatic N) is 1. The molecule has 154 valence electrons. The zero-order valence-corrected chi connectivity index (χ0v) is 17.5. The Hall–Kier alpha value is -2.70. The summed E-state index contributed by atoms with van der Waals surface area (Å²) >= 11 is 0. The molecule has 2 aromatic carbocycles. The van der Waals surface area contributed by atoms with Gasteiger partial charge in [0.25, 0.3) is 5.91 Å². The van der Waals surface area contributed by atoms with Gasteiger partial charge in [-0.15, -0.1) is 0 Å². The van der Waals surface area contributed by atoms with Crippen LogP contribution in [0.15, 0.2) is 42.5 Å². The lowest BCUT2D eigenvalue weighted by Gasteiger charge is -2.35. The maximum Gasteiger partial charge on any atom is 0.255 e. The van der Waals surface area contributed by atoms with Crippen LogP contribution in [0.5, 0.6) is 0 Å². The first-order valence-electron chi connectivity index (χ1n) is 9.96. The molecule has 0 radical (unpaired) electrons. The SMILES string of the molecule is CC(=O)Nc1cc(NC(=O)c2ccc(CN3CC(C)OC(C)C3)cc2)ccc1C. The third-order valence-electron chi connectivity index (χ3n) is 4.92. The number of aryl methyl sites for hydroxylation is 1. The van der Waals surface area contributed by atoms with Crippen LogP contribution in [0, 0.1) is 6.92 Å². The summed E-state index contributed by atoms with van der Waals surface area (Å²) in [7, 11) is 0. The third-order valence-corrected chi connectivity index (χ3v) is 4.92. The number of nitrogens with one attached hydrogen (secondary N) is 2. The van der Waals surface area contributed by atoms with E-state index < -0.39 is 0 Å². The number of hydrogen-bond acceptors (Lipinski definition) is 4. The van der Waals surface area contributed by atoms with Crippen LogP contribution in [0.4, 0.5) is 11.4 Å². The molecule has 29 heavy (non-hydrogen) atoms. The minimum atomic E-state index is -0.178. The molecular weight excluding hydrogens is 366 g/mol. The molecule has 2 aromatic rings. The van der Waals surface area contributed by atoms with Crippen molar-refractivity contribution in [2.45, 2.75) is 46.4 Å². The fourth-order valence-electron chi connectivity index (χ4n) is 3.66. The summed E-state index contributed by atoms with van der Waals surface area (Å²) in [5, 5.41) is 5.67. The quantitative estimate of drug-likeness (QED) is 0.808. The van der Waals surface area contributed by atoms with E-state index in [1.165, 1.54) is 12.5 Å². The highest BCUT2D eigenvalue weighted by atomic mass is 16.5. The smallest absolute Gasteiger partial charge is 0.255 e. The minimum Gasteiger partial charge on any atom is -0.373 e. The van der Waals surface area contributed by atoms with Crippen molar-refractivity contribution in [3.8, 4) is 0 Å². The van der Waals surface area contributed by atoms with Crippen molar-refractivity contribution in [1.29, 1.82) is 0 Å². The summed E-state index contributed by atoms with van der Waals surface area (Å²) in [6.45, 7) is 10.2. The van der Waals surface area contributed by atoms with E-state index >= 15 is 0 Å². The third kappa shape index (κ3) is 5.89. The lowest BCUT2D eigenvalue weighted by molar-refractivity contribution is -0.114. The number of morpholine rings is 1. The summed E-state index contributed by atoms with van der Waals surface area (Å²) in [5.41, 5.74) is 4.05. The molecular formula is C23H29N3O3. The molecule has 1 fully saturated rings.